The van der Waals surface area contributed by atoms with Gasteiger partial charge in [0.05, 0.1) is 5.69 Å². The van der Waals surface area contributed by atoms with Crippen LogP contribution in [0.5, 0.6) is 0 Å². The predicted octanol–water partition coefficient (Wildman–Crippen LogP) is 8.92. The van der Waals surface area contributed by atoms with Crippen molar-refractivity contribution in [1.29, 1.82) is 0 Å². The van der Waals surface area contributed by atoms with E-state index in [1.807, 2.05) is 48.6 Å². The van der Waals surface area contributed by atoms with Crippen LogP contribution in [0.15, 0.2) is 121 Å². The number of para-hydroxylation sites is 2. The molecule has 180 valence electrons. The molecule has 3 aromatic heterocycles. The zero-order valence-electron chi connectivity index (χ0n) is 20.6. The second-order valence-electron chi connectivity index (χ2n) is 9.21. The van der Waals surface area contributed by atoms with Gasteiger partial charge in [0.15, 0.2) is 11.5 Å². The zero-order chi connectivity index (χ0) is 25.6. The van der Waals surface area contributed by atoms with Gasteiger partial charge in [-0.15, -0.1) is 10.2 Å². The molecule has 4 nitrogen and oxygen atoms in total. The monoisotopic (exact) mass is 489 g/mol. The van der Waals surface area contributed by atoms with Crippen molar-refractivity contribution in [2.45, 2.75) is 0 Å². The minimum Gasteiger partial charge on any atom is -0.455 e. The minimum atomic E-state index is 0.752. The average Bonchev–Trinajstić information content (AvgIpc) is 3.59. The van der Waals surface area contributed by atoms with Crippen molar-refractivity contribution >= 4 is 39.7 Å². The fourth-order valence-electron chi connectivity index (χ4n) is 5.27. The van der Waals surface area contributed by atoms with Gasteiger partial charge >= 0.3 is 0 Å². The van der Waals surface area contributed by atoms with Crippen molar-refractivity contribution < 1.29 is 4.42 Å². The summed E-state index contributed by atoms with van der Waals surface area (Å²) in [4.78, 5) is 0. The molecule has 0 amide bonds. The van der Waals surface area contributed by atoms with Gasteiger partial charge in [-0.25, -0.2) is 0 Å². The van der Waals surface area contributed by atoms with Crippen molar-refractivity contribution in [2.75, 3.05) is 0 Å². The van der Waals surface area contributed by atoms with E-state index in [-0.39, 0.29) is 0 Å². The van der Waals surface area contributed by atoms with Crippen LogP contribution in [0.2, 0.25) is 0 Å². The van der Waals surface area contributed by atoms with Crippen molar-refractivity contribution in [2.24, 2.45) is 0 Å². The molecule has 4 heteroatoms. The molecule has 0 aliphatic rings. The highest BCUT2D eigenvalue weighted by molar-refractivity contribution is 6.09. The Bertz CT molecular complexity index is 1990. The molecule has 7 rings (SSSR count). The van der Waals surface area contributed by atoms with Gasteiger partial charge in [-0.05, 0) is 28.8 Å². The molecule has 0 saturated carbocycles. The number of aromatic nitrogens is 3. The summed E-state index contributed by atoms with van der Waals surface area (Å²) in [6, 6.07) is 35.3. The molecule has 0 bridgehead atoms. The predicted molar refractivity (Wildman–Crippen MR) is 157 cm³/mol. The summed E-state index contributed by atoms with van der Waals surface area (Å²) >= 11 is 0. The van der Waals surface area contributed by atoms with Crippen LogP contribution in [0.25, 0.3) is 73.5 Å². The van der Waals surface area contributed by atoms with E-state index in [2.05, 4.69) is 94.5 Å². The Morgan fingerprint density at radius 1 is 0.658 bits per heavy atom. The molecule has 3 heterocycles. The van der Waals surface area contributed by atoms with Gasteiger partial charge in [0.2, 0.25) is 0 Å². The van der Waals surface area contributed by atoms with Crippen LogP contribution < -0.4 is 0 Å². The van der Waals surface area contributed by atoms with E-state index in [0.29, 0.717) is 0 Å². The molecular formula is C34H23N3O. The Morgan fingerprint density at radius 2 is 1.39 bits per heavy atom. The molecule has 0 radical (unpaired) electrons. The summed E-state index contributed by atoms with van der Waals surface area (Å²) in [5, 5.41) is 11.5. The lowest BCUT2D eigenvalue weighted by molar-refractivity contribution is 0.670. The number of nitrogens with zero attached hydrogens (tertiary/aromatic N) is 3. The summed E-state index contributed by atoms with van der Waals surface area (Å²) in [5.74, 6) is 0.770. The summed E-state index contributed by atoms with van der Waals surface area (Å²) in [6.45, 7) is 8.03. The van der Waals surface area contributed by atoms with Crippen LogP contribution in [-0.4, -0.2) is 14.6 Å². The third kappa shape index (κ3) is 3.31. The van der Waals surface area contributed by atoms with E-state index < -0.39 is 0 Å². The largest absolute Gasteiger partial charge is 0.455 e. The second kappa shape index (κ2) is 8.71. The van der Waals surface area contributed by atoms with Gasteiger partial charge in [-0.3, -0.25) is 4.40 Å². The van der Waals surface area contributed by atoms with Crippen LogP contribution in [0.3, 0.4) is 0 Å². The Hall–Kier alpha value is -5.22. The quantitative estimate of drug-likeness (QED) is 0.242. The van der Waals surface area contributed by atoms with Crippen molar-refractivity contribution in [1.82, 2.24) is 14.6 Å². The number of pyridine rings is 1. The molecule has 0 unspecified atom stereocenters. The van der Waals surface area contributed by atoms with E-state index in [4.69, 9.17) is 4.42 Å². The molecule has 0 atom stereocenters. The standard InChI is InChI=1S/C34H23N3O/c1-3-22-21-30(24-11-6-5-7-12-24)37-33(35-36-34(37)26(22)4-2)25-19-17-23(18-20-25)27-14-10-15-29-28-13-8-9-16-31(28)38-32(27)29/h3-21H,1-2H2. The van der Waals surface area contributed by atoms with Gasteiger partial charge in [0.25, 0.3) is 0 Å². The van der Waals surface area contributed by atoms with Crippen LogP contribution in [0, 0.1) is 0 Å². The van der Waals surface area contributed by atoms with Gasteiger partial charge in [-0.1, -0.05) is 116 Å². The molecule has 0 saturated heterocycles. The average molecular weight is 490 g/mol. The van der Waals surface area contributed by atoms with Gasteiger partial charge in [-0.2, -0.15) is 0 Å². The first-order valence-electron chi connectivity index (χ1n) is 12.5. The normalized spacial score (nSPS) is 11.4. The summed E-state index contributed by atoms with van der Waals surface area (Å²) < 4.78 is 8.37. The summed E-state index contributed by atoms with van der Waals surface area (Å²) in [6.07, 6.45) is 3.65. The molecule has 0 aliphatic carbocycles. The lowest BCUT2D eigenvalue weighted by Crippen LogP contribution is -1.99. The van der Waals surface area contributed by atoms with E-state index in [1.165, 1.54) is 0 Å². The summed E-state index contributed by atoms with van der Waals surface area (Å²) in [5.41, 5.74) is 9.61. The van der Waals surface area contributed by atoms with Crippen molar-refractivity contribution in [3.05, 3.63) is 127 Å². The molecule has 0 aliphatic heterocycles. The lowest BCUT2D eigenvalue weighted by Gasteiger charge is -2.13. The van der Waals surface area contributed by atoms with Gasteiger partial charge < -0.3 is 4.42 Å². The zero-order valence-corrected chi connectivity index (χ0v) is 20.6. The number of hydrogen-bond donors (Lipinski definition) is 0. The maximum atomic E-state index is 6.27. The Labute approximate surface area is 219 Å². The maximum Gasteiger partial charge on any atom is 0.169 e. The molecule has 0 spiro atoms. The van der Waals surface area contributed by atoms with Crippen molar-refractivity contribution in [3.63, 3.8) is 0 Å². The Balaban J connectivity index is 1.40. The highest BCUT2D eigenvalue weighted by Gasteiger charge is 2.18. The SMILES string of the molecule is C=Cc1cc(-c2ccccc2)n2c(-c3ccc(-c4cccc5c4oc4ccccc45)cc3)nnc2c1C=C. The Morgan fingerprint density at radius 3 is 2.18 bits per heavy atom. The molecule has 7 aromatic rings. The molecule has 0 N–H and O–H groups in total. The first-order chi connectivity index (χ1) is 18.8. The molecular weight excluding hydrogens is 466 g/mol. The van der Waals surface area contributed by atoms with Gasteiger partial charge in [0, 0.05) is 27.5 Å². The molecule has 0 fully saturated rings. The number of fused-ring (bicyclic) bond motifs is 4. The first-order valence-corrected chi connectivity index (χ1v) is 12.5. The number of hydrogen-bond acceptors (Lipinski definition) is 3. The van der Waals surface area contributed by atoms with Gasteiger partial charge in [0.1, 0.15) is 11.2 Å². The molecule has 4 aromatic carbocycles. The highest BCUT2D eigenvalue weighted by atomic mass is 16.3. The number of rotatable bonds is 5. The van der Waals surface area contributed by atoms with E-state index >= 15 is 0 Å². The van der Waals surface area contributed by atoms with E-state index in [1.54, 1.807) is 0 Å². The van der Waals surface area contributed by atoms with Crippen LogP contribution in [-0.2, 0) is 0 Å². The lowest BCUT2D eigenvalue weighted by atomic mass is 10.0. The summed E-state index contributed by atoms with van der Waals surface area (Å²) in [7, 11) is 0. The van der Waals surface area contributed by atoms with E-state index in [0.717, 1.165) is 72.5 Å². The molecule has 38 heavy (non-hydrogen) atoms. The Kier molecular flexibility index (Phi) is 5.05. The van der Waals surface area contributed by atoms with Crippen LogP contribution >= 0.6 is 0 Å². The smallest absolute Gasteiger partial charge is 0.169 e. The number of benzene rings is 4. The third-order valence-electron chi connectivity index (χ3n) is 7.10. The topological polar surface area (TPSA) is 43.3 Å². The minimum absolute atomic E-state index is 0.752. The van der Waals surface area contributed by atoms with E-state index in [9.17, 15) is 0 Å². The fraction of sp³-hybridized carbons (Fsp3) is 0. The third-order valence-corrected chi connectivity index (χ3v) is 7.10. The fourth-order valence-corrected chi connectivity index (χ4v) is 5.27. The first kappa shape index (κ1) is 22.0. The highest BCUT2D eigenvalue weighted by Crippen LogP contribution is 2.37. The van der Waals surface area contributed by atoms with Crippen molar-refractivity contribution in [3.8, 4) is 33.8 Å². The second-order valence-corrected chi connectivity index (χ2v) is 9.21. The maximum absolute atomic E-state index is 6.27. The number of furan rings is 1. The van der Waals surface area contributed by atoms with Crippen LogP contribution in [0.1, 0.15) is 11.1 Å². The van der Waals surface area contributed by atoms with Crippen LogP contribution in [0.4, 0.5) is 0 Å².